The summed E-state index contributed by atoms with van der Waals surface area (Å²) in [7, 11) is 1.53. The molecule has 0 radical (unpaired) electrons. The van der Waals surface area contributed by atoms with Gasteiger partial charge in [-0.05, 0) is 37.3 Å². The van der Waals surface area contributed by atoms with Crippen molar-refractivity contribution in [1.29, 1.82) is 0 Å². The normalized spacial score (nSPS) is 12.4. The molecular weight excluding hydrogens is 427 g/mol. The summed E-state index contributed by atoms with van der Waals surface area (Å²) in [5.41, 5.74) is 9.21. The molecule has 0 saturated heterocycles. The standard InChI is InChI=1S/C21H18Cl2N4O3/c1-11(10-29-2)30-21(28)17-18-20(26-16-6-4-3-5-15(16)25-18)27(19(17)24)12-7-8-13(22)14(23)9-12/h3-9,11H,10,24H2,1-2H3/t11-/m0/s1. The number of rotatable bonds is 5. The number of hydrogen-bond acceptors (Lipinski definition) is 6. The molecule has 0 bridgehead atoms. The van der Waals surface area contributed by atoms with E-state index in [2.05, 4.69) is 4.98 Å². The number of nitrogen functional groups attached to an aromatic ring is 1. The van der Waals surface area contributed by atoms with E-state index in [0.717, 1.165) is 0 Å². The zero-order valence-electron chi connectivity index (χ0n) is 16.2. The van der Waals surface area contributed by atoms with Crippen LogP contribution in [0, 0.1) is 0 Å². The minimum Gasteiger partial charge on any atom is -0.456 e. The van der Waals surface area contributed by atoms with Crippen molar-refractivity contribution in [3.05, 3.63) is 58.1 Å². The maximum absolute atomic E-state index is 13.0. The number of nitrogens with zero attached hydrogens (tertiary/aromatic N) is 3. The molecule has 4 aromatic rings. The monoisotopic (exact) mass is 444 g/mol. The quantitative estimate of drug-likeness (QED) is 0.450. The number of benzene rings is 2. The number of fused-ring (bicyclic) bond motifs is 2. The molecule has 0 saturated carbocycles. The van der Waals surface area contributed by atoms with Gasteiger partial charge in [0, 0.05) is 7.11 Å². The third-order valence-electron chi connectivity index (χ3n) is 4.57. The fraction of sp³-hybridized carbons (Fsp3) is 0.190. The highest BCUT2D eigenvalue weighted by Gasteiger charge is 2.27. The predicted molar refractivity (Wildman–Crippen MR) is 118 cm³/mol. The van der Waals surface area contributed by atoms with E-state index in [1.54, 1.807) is 29.7 Å². The van der Waals surface area contributed by atoms with E-state index in [-0.39, 0.29) is 18.0 Å². The van der Waals surface area contributed by atoms with Crippen LogP contribution >= 0.6 is 23.2 Å². The summed E-state index contributed by atoms with van der Waals surface area (Å²) in [5, 5.41) is 0.752. The van der Waals surface area contributed by atoms with Crippen molar-refractivity contribution in [2.24, 2.45) is 0 Å². The van der Waals surface area contributed by atoms with E-state index >= 15 is 0 Å². The van der Waals surface area contributed by atoms with Crippen molar-refractivity contribution in [3.63, 3.8) is 0 Å². The Morgan fingerprint density at radius 2 is 1.83 bits per heavy atom. The van der Waals surface area contributed by atoms with Gasteiger partial charge in [0.2, 0.25) is 0 Å². The van der Waals surface area contributed by atoms with Crippen molar-refractivity contribution in [1.82, 2.24) is 14.5 Å². The minimum atomic E-state index is -0.606. The van der Waals surface area contributed by atoms with E-state index in [1.807, 2.05) is 24.3 Å². The van der Waals surface area contributed by atoms with E-state index < -0.39 is 12.1 Å². The number of esters is 1. The molecule has 4 rings (SSSR count). The lowest BCUT2D eigenvalue weighted by molar-refractivity contribution is 0.0123. The van der Waals surface area contributed by atoms with Crippen molar-refractivity contribution >= 4 is 57.2 Å². The SMILES string of the molecule is COC[C@H](C)OC(=O)c1c(N)n(-c2ccc(Cl)c(Cl)c2)c2nc3ccccc3nc12. The topological polar surface area (TPSA) is 92.3 Å². The molecule has 0 aliphatic carbocycles. The molecule has 0 amide bonds. The Balaban J connectivity index is 1.98. The highest BCUT2D eigenvalue weighted by Crippen LogP contribution is 2.33. The van der Waals surface area contributed by atoms with Crippen LogP contribution in [0.15, 0.2) is 42.5 Å². The molecule has 0 aliphatic heterocycles. The van der Waals surface area contributed by atoms with Gasteiger partial charge in [-0.1, -0.05) is 35.3 Å². The van der Waals surface area contributed by atoms with E-state index in [1.165, 1.54) is 7.11 Å². The number of anilines is 1. The number of carbonyl (C=O) groups excluding carboxylic acids is 1. The molecule has 154 valence electrons. The summed E-state index contributed by atoms with van der Waals surface area (Å²) >= 11 is 12.3. The first-order valence-electron chi connectivity index (χ1n) is 9.12. The molecule has 9 heteroatoms. The molecule has 2 aromatic carbocycles. The lowest BCUT2D eigenvalue weighted by atomic mass is 10.2. The Kier molecular flexibility index (Phi) is 5.51. The third-order valence-corrected chi connectivity index (χ3v) is 5.31. The Morgan fingerprint density at radius 3 is 2.50 bits per heavy atom. The summed E-state index contributed by atoms with van der Waals surface area (Å²) in [6.07, 6.45) is -0.460. The van der Waals surface area contributed by atoms with Crippen LogP contribution in [0.4, 0.5) is 5.82 Å². The minimum absolute atomic E-state index is 0.136. The maximum atomic E-state index is 13.0. The zero-order chi connectivity index (χ0) is 21.4. The number of nitrogens with two attached hydrogens (primary N) is 1. The van der Waals surface area contributed by atoms with Crippen LogP contribution in [0.2, 0.25) is 10.0 Å². The van der Waals surface area contributed by atoms with Crippen LogP contribution in [0.3, 0.4) is 0 Å². The fourth-order valence-electron chi connectivity index (χ4n) is 3.26. The molecule has 7 nitrogen and oxygen atoms in total. The van der Waals surface area contributed by atoms with E-state index in [9.17, 15) is 4.79 Å². The first-order chi connectivity index (χ1) is 14.4. The third kappa shape index (κ3) is 3.56. The molecule has 2 heterocycles. The number of aromatic nitrogens is 3. The lowest BCUT2D eigenvalue weighted by Crippen LogP contribution is -2.20. The number of ether oxygens (including phenoxy) is 2. The largest absolute Gasteiger partial charge is 0.456 e. The Morgan fingerprint density at radius 1 is 1.13 bits per heavy atom. The van der Waals surface area contributed by atoms with Gasteiger partial charge in [-0.15, -0.1) is 0 Å². The average molecular weight is 445 g/mol. The van der Waals surface area contributed by atoms with Gasteiger partial charge in [0.1, 0.15) is 23.0 Å². The Bertz CT molecular complexity index is 1270. The van der Waals surface area contributed by atoms with Crippen LogP contribution < -0.4 is 5.73 Å². The number of para-hydroxylation sites is 2. The smallest absolute Gasteiger partial charge is 0.344 e. The number of methoxy groups -OCH3 is 1. The van der Waals surface area contributed by atoms with Crippen LogP contribution in [-0.4, -0.2) is 40.3 Å². The second kappa shape index (κ2) is 8.10. The summed E-state index contributed by atoms with van der Waals surface area (Å²) < 4.78 is 12.2. The number of carbonyl (C=O) groups is 1. The molecule has 0 unspecified atom stereocenters. The first kappa shape index (κ1) is 20.4. The second-order valence-corrected chi connectivity index (χ2v) is 7.56. The van der Waals surface area contributed by atoms with Gasteiger partial charge in [0.05, 0.1) is 33.4 Å². The molecule has 2 N–H and O–H groups in total. The van der Waals surface area contributed by atoms with Gasteiger partial charge in [-0.3, -0.25) is 4.57 Å². The predicted octanol–water partition coefficient (Wildman–Crippen LogP) is 4.65. The van der Waals surface area contributed by atoms with Crippen molar-refractivity contribution in [2.45, 2.75) is 13.0 Å². The van der Waals surface area contributed by atoms with E-state index in [4.69, 9.17) is 43.4 Å². The molecule has 0 aliphatic rings. The number of hydrogen-bond donors (Lipinski definition) is 1. The zero-order valence-corrected chi connectivity index (χ0v) is 17.7. The summed E-state index contributed by atoms with van der Waals surface area (Å²) in [5.74, 6) is -0.459. The molecule has 0 fully saturated rings. The fourth-order valence-corrected chi connectivity index (χ4v) is 3.55. The van der Waals surface area contributed by atoms with Crippen LogP contribution in [-0.2, 0) is 9.47 Å². The Labute approximate surface area is 182 Å². The van der Waals surface area contributed by atoms with Crippen LogP contribution in [0.5, 0.6) is 0 Å². The first-order valence-corrected chi connectivity index (χ1v) is 9.88. The van der Waals surface area contributed by atoms with Crippen molar-refractivity contribution in [3.8, 4) is 5.69 Å². The summed E-state index contributed by atoms with van der Waals surface area (Å²) in [6, 6.07) is 12.4. The molecule has 1 atom stereocenters. The van der Waals surface area contributed by atoms with Gasteiger partial charge >= 0.3 is 5.97 Å². The molecule has 2 aromatic heterocycles. The van der Waals surface area contributed by atoms with Crippen molar-refractivity contribution < 1.29 is 14.3 Å². The lowest BCUT2D eigenvalue weighted by Gasteiger charge is -2.12. The highest BCUT2D eigenvalue weighted by molar-refractivity contribution is 6.42. The van der Waals surface area contributed by atoms with E-state index in [0.29, 0.717) is 37.9 Å². The van der Waals surface area contributed by atoms with Gasteiger partial charge in [-0.2, -0.15) is 0 Å². The number of halogens is 2. The average Bonchev–Trinajstić information content (AvgIpc) is 2.99. The summed E-state index contributed by atoms with van der Waals surface area (Å²) in [4.78, 5) is 22.3. The summed E-state index contributed by atoms with van der Waals surface area (Å²) in [6.45, 7) is 1.99. The van der Waals surface area contributed by atoms with Crippen molar-refractivity contribution in [2.75, 3.05) is 19.5 Å². The van der Waals surface area contributed by atoms with Gasteiger partial charge < -0.3 is 15.2 Å². The highest BCUT2D eigenvalue weighted by atomic mass is 35.5. The van der Waals surface area contributed by atoms with Crippen LogP contribution in [0.1, 0.15) is 17.3 Å². The maximum Gasteiger partial charge on any atom is 0.344 e. The molecule has 30 heavy (non-hydrogen) atoms. The van der Waals surface area contributed by atoms with Gasteiger partial charge in [0.25, 0.3) is 0 Å². The second-order valence-electron chi connectivity index (χ2n) is 6.75. The molecule has 0 spiro atoms. The van der Waals surface area contributed by atoms with Gasteiger partial charge in [0.15, 0.2) is 5.65 Å². The van der Waals surface area contributed by atoms with Gasteiger partial charge in [-0.25, -0.2) is 14.8 Å². The Hall–Kier alpha value is -2.87. The molecular formula is C21H18Cl2N4O3. The van der Waals surface area contributed by atoms with Crippen LogP contribution in [0.25, 0.3) is 27.9 Å².